The molecule has 2 rings (SSSR count). The third-order valence-corrected chi connectivity index (χ3v) is 3.97. The molecule has 1 aliphatic carbocycles. The molecule has 15 heavy (non-hydrogen) atoms. The molecule has 0 saturated heterocycles. The number of methoxy groups -OCH3 is 1. The third-order valence-electron chi connectivity index (χ3n) is 2.96. The van der Waals surface area contributed by atoms with E-state index in [4.69, 9.17) is 10.5 Å². The molecule has 1 aromatic heterocycles. The van der Waals surface area contributed by atoms with Crippen molar-refractivity contribution in [2.45, 2.75) is 31.0 Å². The first kappa shape index (κ1) is 11.1. The Hall–Kier alpha value is -0.420. The quantitative estimate of drug-likeness (QED) is 0.800. The molecule has 84 valence electrons. The van der Waals surface area contributed by atoms with Gasteiger partial charge in [0.1, 0.15) is 0 Å². The predicted octanol–water partition coefficient (Wildman–Crippen LogP) is 1.51. The van der Waals surface area contributed by atoms with Gasteiger partial charge in [-0.1, -0.05) is 6.07 Å². The van der Waals surface area contributed by atoms with Gasteiger partial charge in [-0.3, -0.25) is 0 Å². The van der Waals surface area contributed by atoms with E-state index < -0.39 is 0 Å². The lowest BCUT2D eigenvalue weighted by Crippen LogP contribution is -2.46. The van der Waals surface area contributed by atoms with Crippen LogP contribution in [-0.4, -0.2) is 25.8 Å². The molecule has 0 spiro atoms. The monoisotopic (exact) mass is 226 g/mol. The van der Waals surface area contributed by atoms with E-state index in [-0.39, 0.29) is 6.04 Å². The zero-order valence-corrected chi connectivity index (χ0v) is 9.80. The summed E-state index contributed by atoms with van der Waals surface area (Å²) in [6.45, 7) is 0.863. The van der Waals surface area contributed by atoms with Gasteiger partial charge in [0, 0.05) is 24.6 Å². The molecule has 1 heterocycles. The van der Waals surface area contributed by atoms with E-state index in [1.807, 2.05) is 6.07 Å². The minimum Gasteiger partial charge on any atom is -0.381 e. The second-order valence-corrected chi connectivity index (χ2v) is 5.04. The summed E-state index contributed by atoms with van der Waals surface area (Å²) in [7, 11) is 1.78. The number of hydrogen-bond donors (Lipinski definition) is 2. The Labute approximate surface area is 94.6 Å². The van der Waals surface area contributed by atoms with Crippen LogP contribution in [0.1, 0.15) is 23.8 Å². The van der Waals surface area contributed by atoms with E-state index in [0.29, 0.717) is 12.1 Å². The molecule has 0 bridgehead atoms. The second-order valence-electron chi connectivity index (χ2n) is 4.06. The molecule has 3 nitrogen and oxygen atoms in total. The predicted molar refractivity (Wildman–Crippen MR) is 63.1 cm³/mol. The highest BCUT2D eigenvalue weighted by Crippen LogP contribution is 2.23. The van der Waals surface area contributed by atoms with Crippen LogP contribution in [0.4, 0.5) is 0 Å². The van der Waals surface area contributed by atoms with Crippen molar-refractivity contribution in [3.63, 3.8) is 0 Å². The van der Waals surface area contributed by atoms with Crippen molar-refractivity contribution >= 4 is 11.3 Å². The summed E-state index contributed by atoms with van der Waals surface area (Å²) in [6, 6.07) is 4.87. The molecule has 0 aromatic carbocycles. The molecule has 1 saturated carbocycles. The molecular formula is C11H18N2OS. The molecule has 1 unspecified atom stereocenters. The molecule has 1 aliphatic rings. The summed E-state index contributed by atoms with van der Waals surface area (Å²) in [5.74, 6) is 0. The molecule has 0 amide bonds. The van der Waals surface area contributed by atoms with E-state index in [2.05, 4.69) is 16.8 Å². The molecule has 1 aromatic rings. The van der Waals surface area contributed by atoms with Crippen molar-refractivity contribution in [3.05, 3.63) is 22.4 Å². The Balaban J connectivity index is 1.67. The van der Waals surface area contributed by atoms with E-state index in [0.717, 1.165) is 19.4 Å². The number of ether oxygens (including phenoxy) is 1. The zero-order chi connectivity index (χ0) is 10.7. The van der Waals surface area contributed by atoms with Crippen molar-refractivity contribution in [2.75, 3.05) is 13.7 Å². The van der Waals surface area contributed by atoms with Crippen molar-refractivity contribution in [1.82, 2.24) is 5.32 Å². The first-order valence-electron chi connectivity index (χ1n) is 5.34. The van der Waals surface area contributed by atoms with Gasteiger partial charge in [0.2, 0.25) is 0 Å². The standard InChI is InChI=1S/C11H18N2OS/c1-14-9-5-8(6-9)13-7-10(12)11-3-2-4-15-11/h2-4,8-10,13H,5-7,12H2,1H3. The smallest absolute Gasteiger partial charge is 0.0601 e. The first-order chi connectivity index (χ1) is 7.29. The largest absolute Gasteiger partial charge is 0.381 e. The Morgan fingerprint density at radius 1 is 1.67 bits per heavy atom. The minimum absolute atomic E-state index is 0.131. The molecule has 3 N–H and O–H groups in total. The summed E-state index contributed by atoms with van der Waals surface area (Å²) in [5, 5.41) is 5.54. The van der Waals surface area contributed by atoms with Crippen molar-refractivity contribution < 1.29 is 4.74 Å². The van der Waals surface area contributed by atoms with Gasteiger partial charge in [0.15, 0.2) is 0 Å². The Bertz CT molecular complexity index is 283. The number of thiophene rings is 1. The fourth-order valence-electron chi connectivity index (χ4n) is 1.82. The summed E-state index contributed by atoms with van der Waals surface area (Å²) in [6.07, 6.45) is 2.70. The van der Waals surface area contributed by atoms with Crippen LogP contribution in [0.25, 0.3) is 0 Å². The molecule has 0 aliphatic heterocycles. The summed E-state index contributed by atoms with van der Waals surface area (Å²) in [4.78, 5) is 1.25. The minimum atomic E-state index is 0.131. The highest BCUT2D eigenvalue weighted by Gasteiger charge is 2.28. The normalized spacial score (nSPS) is 27.3. The van der Waals surface area contributed by atoms with Crippen LogP contribution in [0.15, 0.2) is 17.5 Å². The maximum absolute atomic E-state index is 6.05. The summed E-state index contributed by atoms with van der Waals surface area (Å²) < 4.78 is 5.23. The van der Waals surface area contributed by atoms with Crippen molar-refractivity contribution in [1.29, 1.82) is 0 Å². The average molecular weight is 226 g/mol. The highest BCUT2D eigenvalue weighted by atomic mass is 32.1. The third kappa shape index (κ3) is 2.78. The van der Waals surface area contributed by atoms with Crippen molar-refractivity contribution in [3.8, 4) is 0 Å². The van der Waals surface area contributed by atoms with Gasteiger partial charge in [-0.15, -0.1) is 11.3 Å². The van der Waals surface area contributed by atoms with E-state index >= 15 is 0 Å². The Morgan fingerprint density at radius 3 is 3.07 bits per heavy atom. The van der Waals surface area contributed by atoms with Crippen LogP contribution < -0.4 is 11.1 Å². The first-order valence-corrected chi connectivity index (χ1v) is 6.22. The summed E-state index contributed by atoms with van der Waals surface area (Å²) >= 11 is 1.72. The number of nitrogens with one attached hydrogen (secondary N) is 1. The van der Waals surface area contributed by atoms with Gasteiger partial charge in [-0.25, -0.2) is 0 Å². The molecule has 4 heteroatoms. The fraction of sp³-hybridized carbons (Fsp3) is 0.636. The topological polar surface area (TPSA) is 47.3 Å². The lowest BCUT2D eigenvalue weighted by atomic mass is 9.89. The fourth-order valence-corrected chi connectivity index (χ4v) is 2.55. The SMILES string of the molecule is COC1CC(NCC(N)c2cccs2)C1. The van der Waals surface area contributed by atoms with Crippen LogP contribution in [0.5, 0.6) is 0 Å². The van der Waals surface area contributed by atoms with Gasteiger partial charge in [-0.2, -0.15) is 0 Å². The molecule has 1 fully saturated rings. The molecular weight excluding hydrogens is 208 g/mol. The van der Waals surface area contributed by atoms with E-state index in [1.165, 1.54) is 4.88 Å². The molecule has 0 radical (unpaired) electrons. The van der Waals surface area contributed by atoms with Gasteiger partial charge in [-0.05, 0) is 24.3 Å². The van der Waals surface area contributed by atoms with Gasteiger partial charge in [0.05, 0.1) is 12.1 Å². The van der Waals surface area contributed by atoms with Crippen LogP contribution in [0.2, 0.25) is 0 Å². The van der Waals surface area contributed by atoms with Crippen molar-refractivity contribution in [2.24, 2.45) is 5.73 Å². The van der Waals surface area contributed by atoms with Crippen LogP contribution in [0, 0.1) is 0 Å². The number of nitrogens with two attached hydrogens (primary N) is 1. The van der Waals surface area contributed by atoms with Crippen LogP contribution in [0.3, 0.4) is 0 Å². The van der Waals surface area contributed by atoms with Gasteiger partial charge in [0.25, 0.3) is 0 Å². The Morgan fingerprint density at radius 2 is 2.47 bits per heavy atom. The van der Waals surface area contributed by atoms with Crippen LogP contribution in [-0.2, 0) is 4.74 Å². The number of hydrogen-bond acceptors (Lipinski definition) is 4. The highest BCUT2D eigenvalue weighted by molar-refractivity contribution is 7.10. The lowest BCUT2D eigenvalue weighted by Gasteiger charge is -2.35. The maximum atomic E-state index is 6.05. The van der Waals surface area contributed by atoms with Crippen LogP contribution >= 0.6 is 11.3 Å². The van der Waals surface area contributed by atoms with Gasteiger partial charge >= 0.3 is 0 Å². The van der Waals surface area contributed by atoms with E-state index in [9.17, 15) is 0 Å². The maximum Gasteiger partial charge on any atom is 0.0601 e. The zero-order valence-electron chi connectivity index (χ0n) is 8.98. The average Bonchev–Trinajstić information content (AvgIpc) is 2.68. The van der Waals surface area contributed by atoms with E-state index in [1.54, 1.807) is 18.4 Å². The number of rotatable bonds is 5. The van der Waals surface area contributed by atoms with Gasteiger partial charge < -0.3 is 15.8 Å². The Kier molecular flexibility index (Phi) is 3.75. The molecule has 1 atom stereocenters. The summed E-state index contributed by atoms with van der Waals surface area (Å²) in [5.41, 5.74) is 6.05. The lowest BCUT2D eigenvalue weighted by molar-refractivity contribution is 0.0172. The second kappa shape index (κ2) is 5.07.